The fourth-order valence-corrected chi connectivity index (χ4v) is 4.31. The van der Waals surface area contributed by atoms with Gasteiger partial charge in [0.2, 0.25) is 0 Å². The minimum atomic E-state index is -0.145. The van der Waals surface area contributed by atoms with Crippen LogP contribution in [0.1, 0.15) is 50.4 Å². The molecule has 3 rings (SSSR count). The van der Waals surface area contributed by atoms with Crippen LogP contribution >= 0.6 is 15.9 Å². The molecule has 2 saturated carbocycles. The van der Waals surface area contributed by atoms with E-state index in [0.717, 1.165) is 16.6 Å². The zero-order chi connectivity index (χ0) is 15.3. The SMILES string of the molecule is CC12CCC(C/C1=N/NC(=O)c1cccc(Br)c1)C2(C)C. The number of nitrogens with one attached hydrogen (secondary N) is 1. The van der Waals surface area contributed by atoms with Crippen molar-refractivity contribution >= 4 is 27.5 Å². The molecule has 2 fully saturated rings. The molecule has 0 aliphatic heterocycles. The zero-order valence-corrected chi connectivity index (χ0v) is 14.3. The van der Waals surface area contributed by atoms with E-state index in [-0.39, 0.29) is 16.7 Å². The van der Waals surface area contributed by atoms with Crippen molar-refractivity contribution in [2.75, 3.05) is 0 Å². The Morgan fingerprint density at radius 3 is 2.71 bits per heavy atom. The molecule has 2 unspecified atom stereocenters. The first-order valence-corrected chi connectivity index (χ1v) is 8.27. The van der Waals surface area contributed by atoms with Crippen molar-refractivity contribution in [2.24, 2.45) is 21.8 Å². The second-order valence-electron chi connectivity index (χ2n) is 7.00. The lowest BCUT2D eigenvalue weighted by molar-refractivity contribution is 0.0954. The van der Waals surface area contributed by atoms with E-state index in [1.165, 1.54) is 12.8 Å². The Morgan fingerprint density at radius 2 is 2.14 bits per heavy atom. The highest BCUT2D eigenvalue weighted by atomic mass is 79.9. The average Bonchev–Trinajstić information content (AvgIpc) is 2.77. The number of carbonyl (C=O) groups excluding carboxylic acids is 1. The van der Waals surface area contributed by atoms with Crippen LogP contribution in [0.15, 0.2) is 33.8 Å². The lowest BCUT2D eigenvalue weighted by Gasteiger charge is -2.34. The summed E-state index contributed by atoms with van der Waals surface area (Å²) in [7, 11) is 0. The molecular weight excluding hydrogens is 328 g/mol. The quantitative estimate of drug-likeness (QED) is 0.791. The van der Waals surface area contributed by atoms with Gasteiger partial charge in [-0.3, -0.25) is 4.79 Å². The van der Waals surface area contributed by atoms with Crippen LogP contribution in [0.4, 0.5) is 0 Å². The van der Waals surface area contributed by atoms with E-state index in [2.05, 4.69) is 47.2 Å². The first-order chi connectivity index (χ1) is 9.84. The van der Waals surface area contributed by atoms with Gasteiger partial charge in [-0.15, -0.1) is 0 Å². The molecule has 0 heterocycles. The summed E-state index contributed by atoms with van der Waals surface area (Å²) in [5, 5.41) is 4.48. The molecule has 2 bridgehead atoms. The molecule has 1 aromatic carbocycles. The Labute approximate surface area is 134 Å². The van der Waals surface area contributed by atoms with E-state index in [4.69, 9.17) is 0 Å². The van der Waals surface area contributed by atoms with E-state index in [1.54, 1.807) is 6.07 Å². The summed E-state index contributed by atoms with van der Waals surface area (Å²) in [4.78, 5) is 12.2. The Kier molecular flexibility index (Phi) is 3.47. The minimum absolute atomic E-state index is 0.127. The molecule has 2 atom stereocenters. The molecule has 1 N–H and O–H groups in total. The molecular formula is C17H21BrN2O. The molecule has 2 aliphatic rings. The first-order valence-electron chi connectivity index (χ1n) is 7.47. The number of hydrogen-bond donors (Lipinski definition) is 1. The van der Waals surface area contributed by atoms with Crippen molar-refractivity contribution in [3.8, 4) is 0 Å². The molecule has 21 heavy (non-hydrogen) atoms. The molecule has 0 aromatic heterocycles. The lowest BCUT2D eigenvalue weighted by Crippen LogP contribution is -2.34. The van der Waals surface area contributed by atoms with Crippen LogP contribution in [0.5, 0.6) is 0 Å². The fourth-order valence-electron chi connectivity index (χ4n) is 3.91. The summed E-state index contributed by atoms with van der Waals surface area (Å²) in [6.07, 6.45) is 3.47. The number of hydrogen-bond acceptors (Lipinski definition) is 2. The van der Waals surface area contributed by atoms with Gasteiger partial charge < -0.3 is 0 Å². The molecule has 2 aliphatic carbocycles. The van der Waals surface area contributed by atoms with Crippen LogP contribution in [0.2, 0.25) is 0 Å². The third kappa shape index (κ3) is 2.24. The van der Waals surface area contributed by atoms with Crippen molar-refractivity contribution in [3.63, 3.8) is 0 Å². The van der Waals surface area contributed by atoms with Gasteiger partial charge in [-0.1, -0.05) is 42.8 Å². The number of benzene rings is 1. The maximum absolute atomic E-state index is 12.2. The standard InChI is InChI=1S/C17H21BrN2O/c1-16(2)12-7-8-17(16,3)14(10-12)19-20-15(21)11-5-4-6-13(18)9-11/h4-6,9,12H,7-8,10H2,1-3H3,(H,20,21)/b19-14-. The van der Waals surface area contributed by atoms with Crippen LogP contribution in [0, 0.1) is 16.7 Å². The van der Waals surface area contributed by atoms with Gasteiger partial charge in [0.1, 0.15) is 0 Å². The van der Waals surface area contributed by atoms with Gasteiger partial charge in [0.15, 0.2) is 0 Å². The lowest BCUT2D eigenvalue weighted by atomic mass is 9.70. The highest BCUT2D eigenvalue weighted by molar-refractivity contribution is 9.10. The van der Waals surface area contributed by atoms with Gasteiger partial charge in [0.25, 0.3) is 5.91 Å². The van der Waals surface area contributed by atoms with Crippen molar-refractivity contribution in [1.29, 1.82) is 0 Å². The summed E-state index contributed by atoms with van der Waals surface area (Å²) >= 11 is 3.38. The molecule has 0 radical (unpaired) electrons. The van der Waals surface area contributed by atoms with Crippen LogP contribution < -0.4 is 5.43 Å². The Balaban J connectivity index is 1.77. The predicted molar refractivity (Wildman–Crippen MR) is 88.3 cm³/mol. The summed E-state index contributed by atoms with van der Waals surface area (Å²) < 4.78 is 0.899. The normalized spacial score (nSPS) is 31.6. The summed E-state index contributed by atoms with van der Waals surface area (Å²) in [6, 6.07) is 7.37. The van der Waals surface area contributed by atoms with Crippen molar-refractivity contribution < 1.29 is 4.79 Å². The topological polar surface area (TPSA) is 41.5 Å². The van der Waals surface area contributed by atoms with Crippen LogP contribution in [0.25, 0.3) is 0 Å². The smallest absolute Gasteiger partial charge is 0.267 e. The second kappa shape index (κ2) is 4.94. The second-order valence-corrected chi connectivity index (χ2v) is 7.92. The van der Waals surface area contributed by atoms with Gasteiger partial charge in [-0.25, -0.2) is 5.43 Å². The van der Waals surface area contributed by atoms with Crippen LogP contribution in [0.3, 0.4) is 0 Å². The third-order valence-corrected chi connectivity index (χ3v) is 6.38. The Morgan fingerprint density at radius 1 is 1.38 bits per heavy atom. The largest absolute Gasteiger partial charge is 0.271 e. The fraction of sp³-hybridized carbons (Fsp3) is 0.529. The van der Waals surface area contributed by atoms with Gasteiger partial charge in [0, 0.05) is 21.2 Å². The molecule has 0 saturated heterocycles. The predicted octanol–water partition coefficient (Wildman–Crippen LogP) is 4.38. The summed E-state index contributed by atoms with van der Waals surface area (Å²) in [6.45, 7) is 6.97. The van der Waals surface area contributed by atoms with E-state index in [0.29, 0.717) is 11.5 Å². The molecule has 4 heteroatoms. The van der Waals surface area contributed by atoms with E-state index < -0.39 is 0 Å². The van der Waals surface area contributed by atoms with Gasteiger partial charge in [-0.2, -0.15) is 5.10 Å². The van der Waals surface area contributed by atoms with Crippen molar-refractivity contribution in [3.05, 3.63) is 34.3 Å². The highest BCUT2D eigenvalue weighted by Gasteiger charge is 2.59. The Hall–Kier alpha value is -1.16. The van der Waals surface area contributed by atoms with E-state index >= 15 is 0 Å². The van der Waals surface area contributed by atoms with Gasteiger partial charge in [-0.05, 0) is 48.8 Å². The van der Waals surface area contributed by atoms with E-state index in [9.17, 15) is 4.79 Å². The maximum atomic E-state index is 12.2. The van der Waals surface area contributed by atoms with Crippen molar-refractivity contribution in [2.45, 2.75) is 40.0 Å². The Bertz CT molecular complexity index is 623. The van der Waals surface area contributed by atoms with Crippen LogP contribution in [-0.4, -0.2) is 11.6 Å². The number of hydrazone groups is 1. The molecule has 0 spiro atoms. The number of rotatable bonds is 2. The molecule has 3 nitrogen and oxygen atoms in total. The number of carbonyl (C=O) groups is 1. The summed E-state index contributed by atoms with van der Waals surface area (Å²) in [5.74, 6) is 0.553. The number of fused-ring (bicyclic) bond motifs is 2. The summed E-state index contributed by atoms with van der Waals surface area (Å²) in [5.41, 5.74) is 4.94. The van der Waals surface area contributed by atoms with Gasteiger partial charge in [0.05, 0.1) is 0 Å². The first kappa shape index (κ1) is 14.8. The third-order valence-electron chi connectivity index (χ3n) is 5.89. The highest BCUT2D eigenvalue weighted by Crippen LogP contribution is 2.63. The minimum Gasteiger partial charge on any atom is -0.267 e. The van der Waals surface area contributed by atoms with Crippen LogP contribution in [-0.2, 0) is 0 Å². The van der Waals surface area contributed by atoms with Gasteiger partial charge >= 0.3 is 0 Å². The monoisotopic (exact) mass is 348 g/mol. The zero-order valence-electron chi connectivity index (χ0n) is 12.7. The number of amides is 1. The maximum Gasteiger partial charge on any atom is 0.271 e. The number of halogens is 1. The molecule has 1 aromatic rings. The molecule has 112 valence electrons. The van der Waals surface area contributed by atoms with Crippen molar-refractivity contribution in [1.82, 2.24) is 5.43 Å². The average molecular weight is 349 g/mol. The number of nitrogens with zero attached hydrogens (tertiary/aromatic N) is 1. The molecule has 1 amide bonds. The van der Waals surface area contributed by atoms with E-state index in [1.807, 2.05) is 18.2 Å².